The van der Waals surface area contributed by atoms with Gasteiger partial charge >= 0.3 is 0 Å². The largest absolute Gasteiger partial charge is 0.373 e. The van der Waals surface area contributed by atoms with Gasteiger partial charge in [-0.25, -0.2) is 4.98 Å². The number of pyridine rings is 1. The fraction of sp³-hybridized carbons (Fsp3) is 0.174. The molecule has 0 amide bonds. The van der Waals surface area contributed by atoms with Gasteiger partial charge in [-0.2, -0.15) is 5.26 Å². The molecule has 0 unspecified atom stereocenters. The number of para-hydroxylation sites is 1. The summed E-state index contributed by atoms with van der Waals surface area (Å²) in [5.41, 5.74) is 3.12. The maximum absolute atomic E-state index is 12.6. The summed E-state index contributed by atoms with van der Waals surface area (Å²) in [6.45, 7) is 2.99. The molecule has 5 nitrogen and oxygen atoms in total. The zero-order valence-electron chi connectivity index (χ0n) is 15.4. The molecular weight excluding hydrogens is 350 g/mol. The smallest absolute Gasteiger partial charge is 0.282 e. The van der Waals surface area contributed by atoms with Crippen molar-refractivity contribution in [3.63, 3.8) is 0 Å². The lowest BCUT2D eigenvalue weighted by Crippen LogP contribution is -2.40. The Hall–Kier alpha value is -3.49. The van der Waals surface area contributed by atoms with E-state index in [-0.39, 0.29) is 5.78 Å². The number of aromatic nitrogens is 1. The van der Waals surface area contributed by atoms with Gasteiger partial charge in [-0.1, -0.05) is 18.2 Å². The number of hydrogen-bond acceptors (Lipinski definition) is 4. The second-order valence-corrected chi connectivity index (χ2v) is 6.65. The van der Waals surface area contributed by atoms with E-state index in [0.717, 1.165) is 35.4 Å². The molecule has 5 heteroatoms. The number of anilines is 1. The number of nitriles is 1. The highest BCUT2D eigenvalue weighted by Crippen LogP contribution is 2.22. The number of nitrogens with one attached hydrogen (secondary N) is 1. The molecule has 1 aliphatic rings. The van der Waals surface area contributed by atoms with Crippen LogP contribution in [0.1, 0.15) is 21.5 Å². The van der Waals surface area contributed by atoms with Gasteiger partial charge in [0.2, 0.25) is 0 Å². The zero-order valence-corrected chi connectivity index (χ0v) is 15.4. The number of rotatable bonds is 4. The van der Waals surface area contributed by atoms with Crippen molar-refractivity contribution in [2.45, 2.75) is 0 Å². The first-order valence-electron chi connectivity index (χ1n) is 9.25. The lowest BCUT2D eigenvalue weighted by atomic mass is 10.1. The van der Waals surface area contributed by atoms with Crippen molar-refractivity contribution in [1.82, 2.24) is 0 Å². The SMILES string of the molecule is N#Cc1ccc(C(=O)/C=C/c2cc3ccccc3[nH+]c2N2CCOCC2)cc1. The molecule has 0 saturated carbocycles. The molecule has 1 N–H and O–H groups in total. The molecule has 138 valence electrons. The maximum Gasteiger partial charge on any atom is 0.282 e. The van der Waals surface area contributed by atoms with Crippen molar-refractivity contribution >= 4 is 28.6 Å². The summed E-state index contributed by atoms with van der Waals surface area (Å²) < 4.78 is 5.47. The number of morpholine rings is 1. The molecule has 2 heterocycles. The van der Waals surface area contributed by atoms with E-state index in [9.17, 15) is 4.79 Å². The van der Waals surface area contributed by atoms with Crippen LogP contribution in [-0.4, -0.2) is 32.1 Å². The van der Waals surface area contributed by atoms with Crippen LogP contribution in [0.4, 0.5) is 5.82 Å². The number of nitrogens with zero attached hydrogens (tertiary/aromatic N) is 2. The van der Waals surface area contributed by atoms with Crippen molar-refractivity contribution in [2.24, 2.45) is 0 Å². The minimum Gasteiger partial charge on any atom is -0.373 e. The van der Waals surface area contributed by atoms with Gasteiger partial charge in [0, 0.05) is 10.9 Å². The third-order valence-corrected chi connectivity index (χ3v) is 4.84. The minimum absolute atomic E-state index is 0.0921. The molecule has 0 atom stereocenters. The third kappa shape index (κ3) is 3.78. The number of benzene rings is 2. The van der Waals surface area contributed by atoms with E-state index >= 15 is 0 Å². The van der Waals surface area contributed by atoms with Crippen LogP contribution in [0.15, 0.2) is 60.7 Å². The average molecular weight is 370 g/mol. The second kappa shape index (κ2) is 8.03. The molecule has 0 spiro atoms. The Balaban J connectivity index is 1.68. The fourth-order valence-electron chi connectivity index (χ4n) is 3.32. The van der Waals surface area contributed by atoms with Crippen LogP contribution < -0.4 is 9.88 Å². The van der Waals surface area contributed by atoms with Gasteiger partial charge in [0.25, 0.3) is 5.82 Å². The number of fused-ring (bicyclic) bond motifs is 1. The standard InChI is InChI=1S/C23H19N3O2/c24-16-17-5-7-18(8-6-17)22(27)10-9-20-15-19-3-1-2-4-21(19)25-23(20)26-11-13-28-14-12-26/h1-10,15H,11-14H2/p+1/b10-9+. The summed E-state index contributed by atoms with van der Waals surface area (Å²) in [6.07, 6.45) is 3.44. The van der Waals surface area contributed by atoms with E-state index in [0.29, 0.717) is 24.3 Å². The highest BCUT2D eigenvalue weighted by atomic mass is 16.5. The van der Waals surface area contributed by atoms with Crippen molar-refractivity contribution in [3.8, 4) is 6.07 Å². The average Bonchev–Trinajstić information content (AvgIpc) is 2.77. The Morgan fingerprint density at radius 2 is 1.86 bits per heavy atom. The monoisotopic (exact) mass is 370 g/mol. The van der Waals surface area contributed by atoms with Crippen LogP contribution in [0.3, 0.4) is 0 Å². The topological polar surface area (TPSA) is 67.5 Å². The van der Waals surface area contributed by atoms with E-state index in [1.807, 2.05) is 18.2 Å². The van der Waals surface area contributed by atoms with Crippen molar-refractivity contribution in [3.05, 3.63) is 77.4 Å². The van der Waals surface area contributed by atoms with Gasteiger partial charge in [0.05, 0.1) is 30.4 Å². The van der Waals surface area contributed by atoms with E-state index in [4.69, 9.17) is 10.00 Å². The van der Waals surface area contributed by atoms with Crippen LogP contribution in [0.2, 0.25) is 0 Å². The zero-order chi connectivity index (χ0) is 19.3. The first-order chi connectivity index (χ1) is 13.7. The minimum atomic E-state index is -0.0921. The van der Waals surface area contributed by atoms with Gasteiger partial charge in [-0.3, -0.25) is 9.69 Å². The molecule has 1 fully saturated rings. The first kappa shape index (κ1) is 17.9. The Kier molecular flexibility index (Phi) is 5.14. The third-order valence-electron chi connectivity index (χ3n) is 4.84. The number of allylic oxidation sites excluding steroid dienone is 1. The predicted molar refractivity (Wildman–Crippen MR) is 108 cm³/mol. The summed E-state index contributed by atoms with van der Waals surface area (Å²) in [5, 5.41) is 9.98. The summed E-state index contributed by atoms with van der Waals surface area (Å²) in [5.74, 6) is 0.899. The molecule has 0 bridgehead atoms. The maximum atomic E-state index is 12.6. The van der Waals surface area contributed by atoms with E-state index in [1.54, 1.807) is 30.3 Å². The Morgan fingerprint density at radius 1 is 1.11 bits per heavy atom. The van der Waals surface area contributed by atoms with Crippen molar-refractivity contribution < 1.29 is 14.5 Å². The summed E-state index contributed by atoms with van der Waals surface area (Å²) in [7, 11) is 0. The number of carbonyl (C=O) groups excluding carboxylic acids is 1. The second-order valence-electron chi connectivity index (χ2n) is 6.65. The van der Waals surface area contributed by atoms with Crippen LogP contribution in [0.25, 0.3) is 17.0 Å². The van der Waals surface area contributed by atoms with Crippen LogP contribution in [-0.2, 0) is 4.74 Å². The molecule has 4 rings (SSSR count). The highest BCUT2D eigenvalue weighted by molar-refractivity contribution is 6.07. The highest BCUT2D eigenvalue weighted by Gasteiger charge is 2.23. The van der Waals surface area contributed by atoms with Gasteiger partial charge in [-0.05, 0) is 48.6 Å². The van der Waals surface area contributed by atoms with Crippen LogP contribution in [0.5, 0.6) is 0 Å². The number of ketones is 1. The quantitative estimate of drug-likeness (QED) is 0.522. The van der Waals surface area contributed by atoms with Gasteiger partial charge in [0.1, 0.15) is 18.6 Å². The summed E-state index contributed by atoms with van der Waals surface area (Å²) >= 11 is 0. The van der Waals surface area contributed by atoms with Gasteiger partial charge in [0.15, 0.2) is 5.78 Å². The molecule has 0 aliphatic carbocycles. The van der Waals surface area contributed by atoms with E-state index in [1.165, 1.54) is 0 Å². The number of hydrogen-bond donors (Lipinski definition) is 0. The summed E-state index contributed by atoms with van der Waals surface area (Å²) in [6, 6.07) is 18.9. The first-order valence-corrected chi connectivity index (χ1v) is 9.25. The molecule has 0 radical (unpaired) electrons. The fourth-order valence-corrected chi connectivity index (χ4v) is 3.32. The lowest BCUT2D eigenvalue weighted by molar-refractivity contribution is -0.331. The number of H-pyrrole nitrogens is 1. The van der Waals surface area contributed by atoms with Crippen molar-refractivity contribution in [1.29, 1.82) is 5.26 Å². The van der Waals surface area contributed by atoms with Gasteiger partial charge in [-0.15, -0.1) is 0 Å². The Morgan fingerprint density at radius 3 is 2.61 bits per heavy atom. The van der Waals surface area contributed by atoms with Crippen molar-refractivity contribution in [2.75, 3.05) is 31.2 Å². The Labute approximate surface area is 163 Å². The molecule has 2 aromatic carbocycles. The Bertz CT molecular complexity index is 1080. The number of aromatic amines is 1. The molecule has 3 aromatic rings. The number of carbonyl (C=O) groups is 1. The van der Waals surface area contributed by atoms with Crippen LogP contribution in [0, 0.1) is 11.3 Å². The normalized spacial score (nSPS) is 14.3. The molecular formula is C23H20N3O2+. The molecule has 1 aromatic heterocycles. The van der Waals surface area contributed by atoms with E-state index in [2.05, 4.69) is 34.2 Å². The van der Waals surface area contributed by atoms with Crippen LogP contribution >= 0.6 is 0 Å². The predicted octanol–water partition coefficient (Wildman–Crippen LogP) is 3.26. The number of ether oxygens (including phenoxy) is 1. The molecule has 1 saturated heterocycles. The molecule has 28 heavy (non-hydrogen) atoms. The lowest BCUT2D eigenvalue weighted by Gasteiger charge is -2.22. The molecule has 1 aliphatic heterocycles. The van der Waals surface area contributed by atoms with Gasteiger partial charge < -0.3 is 4.74 Å². The summed E-state index contributed by atoms with van der Waals surface area (Å²) in [4.78, 5) is 18.3. The van der Waals surface area contributed by atoms with E-state index < -0.39 is 0 Å².